The smallest absolute Gasteiger partial charge is 0.314 e. The number of benzene rings is 1. The first kappa shape index (κ1) is 10.7. The fourth-order valence-electron chi connectivity index (χ4n) is 1.79. The van der Waals surface area contributed by atoms with Crippen LogP contribution in [0.25, 0.3) is 11.0 Å². The highest BCUT2D eigenvalue weighted by Gasteiger charge is 2.21. The summed E-state index contributed by atoms with van der Waals surface area (Å²) in [6, 6.07) is 5.84. The number of aliphatic carboxylic acids is 1. The third kappa shape index (κ3) is 1.78. The van der Waals surface area contributed by atoms with Gasteiger partial charge in [0.2, 0.25) is 0 Å². The molecule has 2 aromatic rings. The number of nitrogens with zero attached hydrogens (tertiary/aromatic N) is 1. The summed E-state index contributed by atoms with van der Waals surface area (Å²) < 4.78 is 0. The number of H-pyrrole nitrogens is 1. The van der Waals surface area contributed by atoms with Gasteiger partial charge in [-0.15, -0.1) is 0 Å². The van der Waals surface area contributed by atoms with Crippen molar-refractivity contribution in [2.45, 2.75) is 26.2 Å². The predicted molar refractivity (Wildman–Crippen MR) is 61.5 cm³/mol. The first-order valence-corrected chi connectivity index (χ1v) is 5.31. The van der Waals surface area contributed by atoms with Crippen molar-refractivity contribution >= 4 is 17.0 Å². The van der Waals surface area contributed by atoms with E-state index in [1.165, 1.54) is 0 Å². The number of hydrogen-bond donors (Lipinski definition) is 2. The highest BCUT2D eigenvalue weighted by atomic mass is 16.4. The summed E-state index contributed by atoms with van der Waals surface area (Å²) in [4.78, 5) is 18.4. The van der Waals surface area contributed by atoms with Gasteiger partial charge in [-0.3, -0.25) is 4.79 Å². The summed E-state index contributed by atoms with van der Waals surface area (Å²) in [5, 5.41) is 9.05. The third-order valence-electron chi connectivity index (χ3n) is 2.69. The van der Waals surface area contributed by atoms with Gasteiger partial charge < -0.3 is 10.1 Å². The highest BCUT2D eigenvalue weighted by Crippen LogP contribution is 2.21. The Morgan fingerprint density at radius 1 is 1.56 bits per heavy atom. The molecule has 2 rings (SSSR count). The van der Waals surface area contributed by atoms with Crippen molar-refractivity contribution in [1.29, 1.82) is 0 Å². The average molecular weight is 218 g/mol. The van der Waals surface area contributed by atoms with Crippen molar-refractivity contribution in [2.75, 3.05) is 0 Å². The fraction of sp³-hybridized carbons (Fsp3) is 0.333. The summed E-state index contributed by atoms with van der Waals surface area (Å²) in [6.45, 7) is 3.84. The van der Waals surface area contributed by atoms with Crippen LogP contribution in [0.4, 0.5) is 0 Å². The normalized spacial score (nSPS) is 12.9. The number of nitrogens with one attached hydrogen (secondary N) is 1. The van der Waals surface area contributed by atoms with Gasteiger partial charge in [0.15, 0.2) is 0 Å². The minimum atomic E-state index is -0.835. The standard InChI is InChI=1S/C12H14N2O2/c1-3-8(12(15)16)11-13-9-5-4-7(2)6-10(9)14-11/h4-6,8H,3H2,1-2H3,(H,13,14)(H,15,16). The number of carbonyl (C=O) groups is 1. The van der Waals surface area contributed by atoms with Gasteiger partial charge in [-0.05, 0) is 31.0 Å². The molecule has 0 amide bonds. The Bertz CT molecular complexity index is 531. The summed E-state index contributed by atoms with van der Waals surface area (Å²) in [5.74, 6) is -0.846. The molecule has 0 radical (unpaired) electrons. The van der Waals surface area contributed by atoms with Crippen LogP contribution in [0.3, 0.4) is 0 Å². The highest BCUT2D eigenvalue weighted by molar-refractivity contribution is 5.79. The zero-order chi connectivity index (χ0) is 11.7. The van der Waals surface area contributed by atoms with Crippen LogP contribution in [0, 0.1) is 6.92 Å². The molecule has 0 saturated heterocycles. The second-order valence-corrected chi connectivity index (χ2v) is 3.94. The van der Waals surface area contributed by atoms with Crippen molar-refractivity contribution < 1.29 is 9.90 Å². The van der Waals surface area contributed by atoms with E-state index < -0.39 is 11.9 Å². The lowest BCUT2D eigenvalue weighted by Crippen LogP contribution is -2.11. The molecule has 0 spiro atoms. The number of aromatic amines is 1. The Kier molecular flexibility index (Phi) is 2.64. The molecule has 1 aromatic heterocycles. The molecule has 0 fully saturated rings. The Morgan fingerprint density at radius 2 is 2.31 bits per heavy atom. The Morgan fingerprint density at radius 3 is 2.94 bits per heavy atom. The maximum absolute atomic E-state index is 11.0. The van der Waals surface area contributed by atoms with Gasteiger partial charge in [0.05, 0.1) is 11.0 Å². The summed E-state index contributed by atoms with van der Waals surface area (Å²) in [6.07, 6.45) is 0.536. The quantitative estimate of drug-likeness (QED) is 0.831. The van der Waals surface area contributed by atoms with E-state index in [0.29, 0.717) is 12.2 Å². The number of fused-ring (bicyclic) bond motifs is 1. The van der Waals surface area contributed by atoms with Crippen molar-refractivity contribution in [1.82, 2.24) is 9.97 Å². The lowest BCUT2D eigenvalue weighted by Gasteiger charge is -2.04. The van der Waals surface area contributed by atoms with E-state index in [0.717, 1.165) is 16.6 Å². The van der Waals surface area contributed by atoms with Gasteiger partial charge >= 0.3 is 5.97 Å². The molecule has 4 nitrogen and oxygen atoms in total. The molecule has 0 aliphatic heterocycles. The van der Waals surface area contributed by atoms with Crippen LogP contribution in [0.15, 0.2) is 18.2 Å². The molecule has 4 heteroatoms. The minimum absolute atomic E-state index is 0.536. The van der Waals surface area contributed by atoms with E-state index >= 15 is 0 Å². The number of carboxylic acid groups (broad SMARTS) is 1. The predicted octanol–water partition coefficient (Wildman–Crippen LogP) is 2.45. The van der Waals surface area contributed by atoms with E-state index in [-0.39, 0.29) is 0 Å². The molecule has 84 valence electrons. The molecule has 1 aromatic carbocycles. The molecular formula is C12H14N2O2. The van der Waals surface area contributed by atoms with Crippen molar-refractivity contribution in [3.63, 3.8) is 0 Å². The molecule has 1 heterocycles. The number of imidazole rings is 1. The zero-order valence-electron chi connectivity index (χ0n) is 9.32. The van der Waals surface area contributed by atoms with Crippen LogP contribution in [-0.4, -0.2) is 21.0 Å². The Balaban J connectivity index is 2.49. The molecule has 2 N–H and O–H groups in total. The monoisotopic (exact) mass is 218 g/mol. The van der Waals surface area contributed by atoms with Gasteiger partial charge in [0.1, 0.15) is 11.7 Å². The molecule has 1 atom stereocenters. The maximum Gasteiger partial charge on any atom is 0.314 e. The van der Waals surface area contributed by atoms with Crippen molar-refractivity contribution in [2.24, 2.45) is 0 Å². The second kappa shape index (κ2) is 3.96. The van der Waals surface area contributed by atoms with Crippen molar-refractivity contribution in [3.8, 4) is 0 Å². The topological polar surface area (TPSA) is 66.0 Å². The molecule has 1 unspecified atom stereocenters. The average Bonchev–Trinajstić information content (AvgIpc) is 2.60. The van der Waals surface area contributed by atoms with E-state index in [4.69, 9.17) is 5.11 Å². The van der Waals surface area contributed by atoms with E-state index in [1.54, 1.807) is 0 Å². The van der Waals surface area contributed by atoms with Crippen LogP contribution >= 0.6 is 0 Å². The lowest BCUT2D eigenvalue weighted by molar-refractivity contribution is -0.139. The minimum Gasteiger partial charge on any atom is -0.481 e. The molecule has 0 saturated carbocycles. The second-order valence-electron chi connectivity index (χ2n) is 3.94. The van der Waals surface area contributed by atoms with E-state index in [9.17, 15) is 4.79 Å². The summed E-state index contributed by atoms with van der Waals surface area (Å²) in [7, 11) is 0. The Labute approximate surface area is 93.3 Å². The Hall–Kier alpha value is -1.84. The SMILES string of the molecule is CCC(C(=O)O)c1nc2ccc(C)cc2[nH]1. The van der Waals surface area contributed by atoms with Crippen LogP contribution in [0.2, 0.25) is 0 Å². The lowest BCUT2D eigenvalue weighted by atomic mass is 10.1. The summed E-state index contributed by atoms with van der Waals surface area (Å²) in [5.41, 5.74) is 2.85. The third-order valence-corrected chi connectivity index (χ3v) is 2.69. The molecule has 0 aliphatic rings. The van der Waals surface area contributed by atoms with Crippen LogP contribution in [0.5, 0.6) is 0 Å². The molecule has 0 aliphatic carbocycles. The number of aromatic nitrogens is 2. The fourth-order valence-corrected chi connectivity index (χ4v) is 1.79. The number of rotatable bonds is 3. The largest absolute Gasteiger partial charge is 0.481 e. The molecular weight excluding hydrogens is 204 g/mol. The summed E-state index contributed by atoms with van der Waals surface area (Å²) >= 11 is 0. The number of aryl methyl sites for hydroxylation is 1. The van der Waals surface area contributed by atoms with Gasteiger partial charge in [-0.25, -0.2) is 4.98 Å². The first-order valence-electron chi connectivity index (χ1n) is 5.31. The van der Waals surface area contributed by atoms with Gasteiger partial charge in [-0.1, -0.05) is 13.0 Å². The van der Waals surface area contributed by atoms with E-state index in [2.05, 4.69) is 9.97 Å². The first-order chi connectivity index (χ1) is 7.61. The van der Waals surface area contributed by atoms with E-state index in [1.807, 2.05) is 32.0 Å². The van der Waals surface area contributed by atoms with Crippen molar-refractivity contribution in [3.05, 3.63) is 29.6 Å². The van der Waals surface area contributed by atoms with Gasteiger partial charge in [0.25, 0.3) is 0 Å². The van der Waals surface area contributed by atoms with Crippen LogP contribution in [-0.2, 0) is 4.79 Å². The zero-order valence-corrected chi connectivity index (χ0v) is 9.32. The van der Waals surface area contributed by atoms with Crippen LogP contribution in [0.1, 0.15) is 30.7 Å². The maximum atomic E-state index is 11.0. The molecule has 0 bridgehead atoms. The number of carboxylic acids is 1. The van der Waals surface area contributed by atoms with Gasteiger partial charge in [-0.2, -0.15) is 0 Å². The molecule has 16 heavy (non-hydrogen) atoms. The number of hydrogen-bond acceptors (Lipinski definition) is 2. The van der Waals surface area contributed by atoms with Crippen LogP contribution < -0.4 is 0 Å². The van der Waals surface area contributed by atoms with Gasteiger partial charge in [0, 0.05) is 0 Å².